The van der Waals surface area contributed by atoms with Gasteiger partial charge in [0.15, 0.2) is 0 Å². The number of aliphatic carboxylic acids is 1. The number of ether oxygens (including phenoxy) is 1. The van der Waals surface area contributed by atoms with E-state index in [0.29, 0.717) is 25.6 Å². The van der Waals surface area contributed by atoms with Crippen molar-refractivity contribution in [3.05, 3.63) is 0 Å². The molecule has 6 heteroatoms. The second-order valence-corrected chi connectivity index (χ2v) is 6.05. The molecule has 1 amide bonds. The van der Waals surface area contributed by atoms with Gasteiger partial charge in [0, 0.05) is 39.3 Å². The highest BCUT2D eigenvalue weighted by molar-refractivity contribution is 5.89. The molecule has 2 heterocycles. The maximum absolute atomic E-state index is 12.1. The summed E-state index contributed by atoms with van der Waals surface area (Å²) in [6.45, 7) is 5.01. The van der Waals surface area contributed by atoms with Crippen molar-refractivity contribution in [2.24, 2.45) is 11.8 Å². The number of hydrogen-bond acceptors (Lipinski definition) is 4. The van der Waals surface area contributed by atoms with Crippen LogP contribution < -0.4 is 0 Å². The van der Waals surface area contributed by atoms with Crippen LogP contribution >= 0.6 is 0 Å². The number of hydrogen-bond donors (Lipinski definition) is 1. The quantitative estimate of drug-likeness (QED) is 0.788. The lowest BCUT2D eigenvalue weighted by atomic mass is 10.2. The number of amides is 1. The number of carbonyl (C=O) groups is 2. The number of piperazine rings is 1. The van der Waals surface area contributed by atoms with E-state index in [1.807, 2.05) is 4.90 Å². The van der Waals surface area contributed by atoms with Crippen molar-refractivity contribution in [3.8, 4) is 0 Å². The minimum atomic E-state index is -0.833. The van der Waals surface area contributed by atoms with E-state index in [4.69, 9.17) is 9.84 Å². The fourth-order valence-corrected chi connectivity index (χ4v) is 3.20. The first-order valence-corrected chi connectivity index (χ1v) is 7.50. The molecule has 1 saturated carbocycles. The standard InChI is InChI=1S/C14H22N2O4/c17-13(11-8-12(11)14(18)19)16-5-3-15(4-6-16)9-10-2-1-7-20-10/h10-12H,1-9H2,(H,18,19). The predicted molar refractivity (Wildman–Crippen MR) is 71.2 cm³/mol. The third-order valence-electron chi connectivity index (χ3n) is 4.59. The van der Waals surface area contributed by atoms with Gasteiger partial charge < -0.3 is 14.7 Å². The van der Waals surface area contributed by atoms with Crippen LogP contribution in [0.5, 0.6) is 0 Å². The van der Waals surface area contributed by atoms with E-state index < -0.39 is 11.9 Å². The fraction of sp³-hybridized carbons (Fsp3) is 0.857. The highest BCUT2D eigenvalue weighted by Gasteiger charge is 2.50. The van der Waals surface area contributed by atoms with Gasteiger partial charge in [-0.05, 0) is 19.3 Å². The van der Waals surface area contributed by atoms with E-state index in [9.17, 15) is 9.59 Å². The van der Waals surface area contributed by atoms with Crippen LogP contribution in [-0.2, 0) is 14.3 Å². The van der Waals surface area contributed by atoms with Crippen molar-refractivity contribution in [3.63, 3.8) is 0 Å². The number of rotatable bonds is 4. The summed E-state index contributed by atoms with van der Waals surface area (Å²) in [5.41, 5.74) is 0. The lowest BCUT2D eigenvalue weighted by molar-refractivity contribution is -0.142. The molecule has 0 spiro atoms. The maximum atomic E-state index is 12.1. The number of nitrogens with zero attached hydrogens (tertiary/aromatic N) is 2. The third-order valence-corrected chi connectivity index (χ3v) is 4.59. The van der Waals surface area contributed by atoms with Gasteiger partial charge in [0.05, 0.1) is 17.9 Å². The Morgan fingerprint density at radius 2 is 1.90 bits per heavy atom. The molecule has 20 heavy (non-hydrogen) atoms. The van der Waals surface area contributed by atoms with Crippen LogP contribution in [0.25, 0.3) is 0 Å². The fourth-order valence-electron chi connectivity index (χ4n) is 3.20. The van der Waals surface area contributed by atoms with Crippen LogP contribution in [0, 0.1) is 11.8 Å². The molecule has 1 aliphatic carbocycles. The Morgan fingerprint density at radius 3 is 2.45 bits per heavy atom. The summed E-state index contributed by atoms with van der Waals surface area (Å²) in [6.07, 6.45) is 3.17. The van der Waals surface area contributed by atoms with Crippen LogP contribution in [0.2, 0.25) is 0 Å². The predicted octanol–water partition coefficient (Wildman–Crippen LogP) is 0.0303. The van der Waals surface area contributed by atoms with Gasteiger partial charge in [-0.2, -0.15) is 0 Å². The first kappa shape index (κ1) is 13.8. The van der Waals surface area contributed by atoms with E-state index in [1.54, 1.807) is 0 Å². The van der Waals surface area contributed by atoms with E-state index in [2.05, 4.69) is 4.90 Å². The van der Waals surface area contributed by atoms with Crippen molar-refractivity contribution in [1.29, 1.82) is 0 Å². The Balaban J connectivity index is 1.42. The summed E-state index contributed by atoms with van der Waals surface area (Å²) in [5, 5.41) is 8.88. The van der Waals surface area contributed by atoms with E-state index in [1.165, 1.54) is 0 Å². The SMILES string of the molecule is O=C(O)C1CC1C(=O)N1CCN(CC2CCCO2)CC1. The van der Waals surface area contributed by atoms with Gasteiger partial charge in [-0.15, -0.1) is 0 Å². The van der Waals surface area contributed by atoms with Gasteiger partial charge in [-0.3, -0.25) is 14.5 Å². The van der Waals surface area contributed by atoms with Gasteiger partial charge in [0.1, 0.15) is 0 Å². The third kappa shape index (κ3) is 2.96. The molecule has 2 saturated heterocycles. The summed E-state index contributed by atoms with van der Waals surface area (Å²) >= 11 is 0. The summed E-state index contributed by atoms with van der Waals surface area (Å²) in [6, 6.07) is 0. The van der Waals surface area contributed by atoms with E-state index in [-0.39, 0.29) is 11.8 Å². The van der Waals surface area contributed by atoms with Crippen molar-refractivity contribution in [1.82, 2.24) is 9.80 Å². The average molecular weight is 282 g/mol. The highest BCUT2D eigenvalue weighted by Crippen LogP contribution is 2.40. The minimum Gasteiger partial charge on any atom is -0.481 e. The minimum absolute atomic E-state index is 0.0363. The zero-order chi connectivity index (χ0) is 14.1. The molecular weight excluding hydrogens is 260 g/mol. The Bertz CT molecular complexity index is 387. The van der Waals surface area contributed by atoms with Crippen LogP contribution in [0.3, 0.4) is 0 Å². The first-order chi connectivity index (χ1) is 9.65. The van der Waals surface area contributed by atoms with Gasteiger partial charge in [0.25, 0.3) is 0 Å². The molecule has 0 aromatic heterocycles. The summed E-state index contributed by atoms with van der Waals surface area (Å²) in [4.78, 5) is 27.1. The molecule has 3 rings (SSSR count). The van der Waals surface area contributed by atoms with Crippen LogP contribution in [0.4, 0.5) is 0 Å². The number of carbonyl (C=O) groups excluding carboxylic acids is 1. The van der Waals surface area contributed by atoms with Gasteiger partial charge in [-0.25, -0.2) is 0 Å². The molecule has 3 fully saturated rings. The van der Waals surface area contributed by atoms with E-state index in [0.717, 1.165) is 39.1 Å². The highest BCUT2D eigenvalue weighted by atomic mass is 16.5. The topological polar surface area (TPSA) is 70.1 Å². The monoisotopic (exact) mass is 282 g/mol. The molecular formula is C14H22N2O4. The average Bonchev–Trinajstić information content (AvgIpc) is 3.10. The Hall–Kier alpha value is -1.14. The molecule has 112 valence electrons. The summed E-state index contributed by atoms with van der Waals surface area (Å²) < 4.78 is 5.63. The van der Waals surface area contributed by atoms with Crippen LogP contribution in [0.1, 0.15) is 19.3 Å². The molecule has 3 unspecified atom stereocenters. The van der Waals surface area contributed by atoms with Crippen molar-refractivity contribution in [2.45, 2.75) is 25.4 Å². The van der Waals surface area contributed by atoms with Crippen LogP contribution in [-0.4, -0.2) is 72.2 Å². The van der Waals surface area contributed by atoms with Crippen molar-refractivity contribution >= 4 is 11.9 Å². The van der Waals surface area contributed by atoms with Crippen molar-refractivity contribution < 1.29 is 19.4 Å². The zero-order valence-corrected chi connectivity index (χ0v) is 11.7. The summed E-state index contributed by atoms with van der Waals surface area (Å²) in [5.74, 6) is -1.50. The molecule has 1 N–H and O–H groups in total. The Morgan fingerprint density at radius 1 is 1.15 bits per heavy atom. The van der Waals surface area contributed by atoms with Gasteiger partial charge in [0.2, 0.25) is 5.91 Å². The molecule has 3 atom stereocenters. The molecule has 6 nitrogen and oxygen atoms in total. The van der Waals surface area contributed by atoms with E-state index >= 15 is 0 Å². The van der Waals surface area contributed by atoms with Gasteiger partial charge in [-0.1, -0.05) is 0 Å². The molecule has 0 bridgehead atoms. The largest absolute Gasteiger partial charge is 0.481 e. The maximum Gasteiger partial charge on any atom is 0.307 e. The summed E-state index contributed by atoms with van der Waals surface area (Å²) in [7, 11) is 0. The number of carboxylic acids is 1. The molecule has 2 aliphatic heterocycles. The second-order valence-electron chi connectivity index (χ2n) is 6.05. The molecule has 0 aromatic carbocycles. The van der Waals surface area contributed by atoms with Crippen molar-refractivity contribution in [2.75, 3.05) is 39.3 Å². The van der Waals surface area contributed by atoms with Crippen LogP contribution in [0.15, 0.2) is 0 Å². The number of carboxylic acid groups (broad SMARTS) is 1. The molecule has 3 aliphatic rings. The Kier molecular flexibility index (Phi) is 3.94. The zero-order valence-electron chi connectivity index (χ0n) is 11.7. The lowest BCUT2D eigenvalue weighted by Gasteiger charge is -2.35. The molecule has 0 aromatic rings. The first-order valence-electron chi connectivity index (χ1n) is 7.50. The Labute approximate surface area is 118 Å². The normalized spacial score (nSPS) is 34.2. The molecule has 0 radical (unpaired) electrons. The van der Waals surface area contributed by atoms with Gasteiger partial charge >= 0.3 is 5.97 Å². The second kappa shape index (κ2) is 5.69. The lowest BCUT2D eigenvalue weighted by Crippen LogP contribution is -2.50. The smallest absolute Gasteiger partial charge is 0.307 e.